The Morgan fingerprint density at radius 3 is 2.50 bits per heavy atom. The summed E-state index contributed by atoms with van der Waals surface area (Å²) in [7, 11) is 0. The first-order valence-corrected chi connectivity index (χ1v) is 7.83. The van der Waals surface area contributed by atoms with Crippen molar-refractivity contribution >= 4 is 23.2 Å². The van der Waals surface area contributed by atoms with Gasteiger partial charge < -0.3 is 10.4 Å². The summed E-state index contributed by atoms with van der Waals surface area (Å²) >= 11 is 1.54. The summed E-state index contributed by atoms with van der Waals surface area (Å²) in [6, 6.07) is 8.31. The maximum atomic E-state index is 12.1. The fraction of sp³-hybridized carbons (Fsp3) is 0.294. The Morgan fingerprint density at radius 2 is 1.91 bits per heavy atom. The highest BCUT2D eigenvalue weighted by Gasteiger charge is 2.24. The van der Waals surface area contributed by atoms with Crippen LogP contribution in [-0.4, -0.2) is 17.0 Å². The molecule has 1 amide bonds. The van der Waals surface area contributed by atoms with E-state index < -0.39 is 12.0 Å². The van der Waals surface area contributed by atoms with E-state index in [0.717, 1.165) is 20.9 Å². The maximum absolute atomic E-state index is 12.1. The predicted molar refractivity (Wildman–Crippen MR) is 87.2 cm³/mol. The Labute approximate surface area is 133 Å². The highest BCUT2D eigenvalue weighted by molar-refractivity contribution is 7.12. The quantitative estimate of drug-likeness (QED) is 0.890. The van der Waals surface area contributed by atoms with Crippen LogP contribution in [-0.2, 0) is 16.0 Å². The van der Waals surface area contributed by atoms with Gasteiger partial charge in [-0.3, -0.25) is 4.79 Å². The Bertz CT molecular complexity index is 706. The number of amides is 1. The molecular formula is C17H19NO3S. The largest absolute Gasteiger partial charge is 0.479 e. The number of hydrogen-bond donors (Lipinski definition) is 2. The number of hydrogen-bond acceptors (Lipinski definition) is 3. The summed E-state index contributed by atoms with van der Waals surface area (Å²) in [5.41, 5.74) is 2.53. The molecule has 2 aromatic rings. The molecule has 2 N–H and O–H groups in total. The molecule has 1 aromatic carbocycles. The van der Waals surface area contributed by atoms with Crippen molar-refractivity contribution in [3.8, 4) is 0 Å². The van der Waals surface area contributed by atoms with Crippen molar-refractivity contribution in [1.82, 2.24) is 5.32 Å². The van der Waals surface area contributed by atoms with E-state index in [1.807, 2.05) is 45.0 Å². The van der Waals surface area contributed by atoms with Crippen molar-refractivity contribution in [2.75, 3.05) is 0 Å². The number of aryl methyl sites for hydroxylation is 2. The molecule has 0 bridgehead atoms. The zero-order chi connectivity index (χ0) is 16.3. The van der Waals surface area contributed by atoms with Crippen LogP contribution in [0.3, 0.4) is 0 Å². The second-order valence-electron chi connectivity index (χ2n) is 5.32. The first-order chi connectivity index (χ1) is 10.4. The average Bonchev–Trinajstić information content (AvgIpc) is 2.84. The molecule has 0 spiro atoms. The van der Waals surface area contributed by atoms with Crippen LogP contribution in [0.4, 0.5) is 0 Å². The molecule has 1 aromatic heterocycles. The molecule has 1 heterocycles. The second-order valence-corrected chi connectivity index (χ2v) is 6.69. The molecule has 0 aliphatic rings. The van der Waals surface area contributed by atoms with E-state index in [1.54, 1.807) is 17.4 Å². The number of thiophene rings is 1. The molecule has 22 heavy (non-hydrogen) atoms. The van der Waals surface area contributed by atoms with E-state index in [9.17, 15) is 14.7 Å². The molecule has 2 rings (SSSR count). The van der Waals surface area contributed by atoms with E-state index >= 15 is 0 Å². The fourth-order valence-electron chi connectivity index (χ4n) is 2.31. The van der Waals surface area contributed by atoms with Crippen LogP contribution in [0.15, 0.2) is 30.3 Å². The van der Waals surface area contributed by atoms with Gasteiger partial charge in [0.25, 0.3) is 0 Å². The van der Waals surface area contributed by atoms with Gasteiger partial charge in [0.15, 0.2) is 6.04 Å². The molecule has 0 radical (unpaired) electrons. The average molecular weight is 317 g/mol. The van der Waals surface area contributed by atoms with Crippen molar-refractivity contribution in [3.05, 3.63) is 56.8 Å². The smallest absolute Gasteiger partial charge is 0.330 e. The number of rotatable bonds is 5. The van der Waals surface area contributed by atoms with E-state index in [2.05, 4.69) is 5.32 Å². The molecule has 1 unspecified atom stereocenters. The number of carboxylic acids is 1. The Kier molecular flexibility index (Phi) is 4.98. The molecule has 0 saturated heterocycles. The monoisotopic (exact) mass is 317 g/mol. The van der Waals surface area contributed by atoms with E-state index in [0.29, 0.717) is 5.56 Å². The number of carbonyl (C=O) groups is 2. The predicted octanol–water partition coefficient (Wildman–Crippen LogP) is 3.16. The van der Waals surface area contributed by atoms with Crippen molar-refractivity contribution in [2.24, 2.45) is 0 Å². The van der Waals surface area contributed by atoms with Crippen LogP contribution < -0.4 is 5.32 Å². The second kappa shape index (κ2) is 6.75. The van der Waals surface area contributed by atoms with Gasteiger partial charge in [0.1, 0.15) is 0 Å². The van der Waals surface area contributed by atoms with Gasteiger partial charge in [0, 0.05) is 9.75 Å². The summed E-state index contributed by atoms with van der Waals surface area (Å²) < 4.78 is 0. The molecule has 0 aliphatic heterocycles. The molecule has 0 saturated carbocycles. The van der Waals surface area contributed by atoms with E-state index in [1.165, 1.54) is 0 Å². The number of benzene rings is 1. The van der Waals surface area contributed by atoms with Crippen molar-refractivity contribution in [1.29, 1.82) is 0 Å². The van der Waals surface area contributed by atoms with Crippen LogP contribution in [0.5, 0.6) is 0 Å². The summed E-state index contributed by atoms with van der Waals surface area (Å²) in [4.78, 5) is 25.7. The fourth-order valence-corrected chi connectivity index (χ4v) is 3.20. The highest BCUT2D eigenvalue weighted by atomic mass is 32.1. The SMILES string of the molecule is Cc1ccc(CC(=O)NC(C(=O)O)c2cccc(C)c2C)s1. The third-order valence-electron chi connectivity index (χ3n) is 3.64. The van der Waals surface area contributed by atoms with Crippen LogP contribution in [0.1, 0.15) is 32.5 Å². The topological polar surface area (TPSA) is 66.4 Å². The van der Waals surface area contributed by atoms with Crippen LogP contribution in [0, 0.1) is 20.8 Å². The zero-order valence-electron chi connectivity index (χ0n) is 12.8. The number of carboxylic acid groups (broad SMARTS) is 1. The van der Waals surface area contributed by atoms with Gasteiger partial charge >= 0.3 is 5.97 Å². The van der Waals surface area contributed by atoms with Gasteiger partial charge in [0.2, 0.25) is 5.91 Å². The van der Waals surface area contributed by atoms with Crippen molar-refractivity contribution < 1.29 is 14.7 Å². The Morgan fingerprint density at radius 1 is 1.18 bits per heavy atom. The minimum atomic E-state index is -1.05. The summed E-state index contributed by atoms with van der Waals surface area (Å²) in [5.74, 6) is -1.33. The van der Waals surface area contributed by atoms with E-state index in [-0.39, 0.29) is 12.3 Å². The van der Waals surface area contributed by atoms with Crippen LogP contribution in [0.25, 0.3) is 0 Å². The molecule has 0 aliphatic carbocycles. The lowest BCUT2D eigenvalue weighted by molar-refractivity contribution is -0.142. The summed E-state index contributed by atoms with van der Waals surface area (Å²) in [6.45, 7) is 5.77. The van der Waals surface area contributed by atoms with Gasteiger partial charge in [0.05, 0.1) is 6.42 Å². The normalized spacial score (nSPS) is 12.0. The van der Waals surface area contributed by atoms with Crippen molar-refractivity contribution in [3.63, 3.8) is 0 Å². The molecular weight excluding hydrogens is 298 g/mol. The first kappa shape index (κ1) is 16.2. The van der Waals surface area contributed by atoms with Gasteiger partial charge in [-0.25, -0.2) is 4.79 Å². The lowest BCUT2D eigenvalue weighted by Crippen LogP contribution is -2.35. The molecule has 5 heteroatoms. The van der Waals surface area contributed by atoms with Crippen molar-refractivity contribution in [2.45, 2.75) is 33.2 Å². The number of carbonyl (C=O) groups excluding carboxylic acids is 1. The molecule has 4 nitrogen and oxygen atoms in total. The lowest BCUT2D eigenvalue weighted by atomic mass is 9.97. The Balaban J connectivity index is 2.17. The van der Waals surface area contributed by atoms with Crippen LogP contribution >= 0.6 is 11.3 Å². The first-order valence-electron chi connectivity index (χ1n) is 7.02. The van der Waals surface area contributed by atoms with Gasteiger partial charge in [-0.05, 0) is 49.6 Å². The lowest BCUT2D eigenvalue weighted by Gasteiger charge is -2.18. The molecule has 0 fully saturated rings. The standard InChI is InChI=1S/C17H19NO3S/c1-10-5-4-6-14(12(10)3)16(17(20)21)18-15(19)9-13-8-7-11(2)22-13/h4-8,16H,9H2,1-3H3,(H,18,19)(H,20,21). The minimum Gasteiger partial charge on any atom is -0.479 e. The van der Waals surface area contributed by atoms with Crippen LogP contribution in [0.2, 0.25) is 0 Å². The summed E-state index contributed by atoms with van der Waals surface area (Å²) in [6.07, 6.45) is 0.202. The maximum Gasteiger partial charge on any atom is 0.330 e. The minimum absolute atomic E-state index is 0.202. The molecule has 116 valence electrons. The zero-order valence-corrected chi connectivity index (χ0v) is 13.7. The molecule has 1 atom stereocenters. The van der Waals surface area contributed by atoms with Gasteiger partial charge in [-0.15, -0.1) is 11.3 Å². The highest BCUT2D eigenvalue weighted by Crippen LogP contribution is 2.21. The van der Waals surface area contributed by atoms with Gasteiger partial charge in [-0.1, -0.05) is 18.2 Å². The third-order valence-corrected chi connectivity index (χ3v) is 4.64. The number of aliphatic carboxylic acids is 1. The number of nitrogens with one attached hydrogen (secondary N) is 1. The van der Waals surface area contributed by atoms with Gasteiger partial charge in [-0.2, -0.15) is 0 Å². The Hall–Kier alpha value is -2.14. The summed E-state index contributed by atoms with van der Waals surface area (Å²) in [5, 5.41) is 12.1. The third kappa shape index (κ3) is 3.74. The van der Waals surface area contributed by atoms with E-state index in [4.69, 9.17) is 0 Å².